The zero-order chi connectivity index (χ0) is 8.48. The van der Waals surface area contributed by atoms with Crippen LogP contribution in [0.15, 0.2) is 0 Å². The lowest BCUT2D eigenvalue weighted by atomic mass is 10.1. The van der Waals surface area contributed by atoms with Gasteiger partial charge in [0.15, 0.2) is 0 Å². The van der Waals surface area contributed by atoms with Gasteiger partial charge in [0.25, 0.3) is 0 Å². The highest BCUT2D eigenvalue weighted by molar-refractivity contribution is 5.66. The van der Waals surface area contributed by atoms with Gasteiger partial charge in [-0.05, 0) is 33.7 Å². The third-order valence-electron chi connectivity index (χ3n) is 2.64. The third kappa shape index (κ3) is 2.03. The number of hydrogen-bond acceptors (Lipinski definition) is 2. The lowest BCUT2D eigenvalue weighted by Gasteiger charge is -2.24. The Balaban J connectivity index is 2.35. The Bertz CT molecular complexity index is 148. The summed E-state index contributed by atoms with van der Waals surface area (Å²) in [6.45, 7) is 5.45. The first-order valence-corrected chi connectivity index (χ1v) is 4.31. The van der Waals surface area contributed by atoms with E-state index < -0.39 is 0 Å². The molecule has 1 N–H and O–H groups in total. The van der Waals surface area contributed by atoms with Gasteiger partial charge in [0.1, 0.15) is 0 Å². The minimum absolute atomic E-state index is 0.263. The van der Waals surface area contributed by atoms with E-state index in [1.165, 1.54) is 12.8 Å². The van der Waals surface area contributed by atoms with E-state index in [0.29, 0.717) is 6.04 Å². The molecule has 1 aliphatic rings. The van der Waals surface area contributed by atoms with E-state index in [4.69, 9.17) is 5.41 Å². The highest BCUT2D eigenvalue weighted by atomic mass is 15.1. The van der Waals surface area contributed by atoms with Gasteiger partial charge in [-0.3, -0.25) is 0 Å². The number of nitrogens with one attached hydrogen (secondary N) is 1. The Morgan fingerprint density at radius 3 is 2.36 bits per heavy atom. The van der Waals surface area contributed by atoms with Crippen LogP contribution in [0, 0.1) is 10.8 Å². The van der Waals surface area contributed by atoms with Gasteiger partial charge in [0.05, 0.1) is 0 Å². The summed E-state index contributed by atoms with van der Waals surface area (Å²) in [4.78, 5) is 2.32. The zero-order valence-corrected chi connectivity index (χ0v) is 7.72. The van der Waals surface area contributed by atoms with Crippen LogP contribution < -0.4 is 0 Å². The molecule has 0 bridgehead atoms. The molecule has 1 rings (SSSR count). The van der Waals surface area contributed by atoms with Crippen molar-refractivity contribution in [2.45, 2.75) is 32.7 Å². The molecule has 0 unspecified atom stereocenters. The smallest absolute Gasteiger partial charge is 0.0177 e. The van der Waals surface area contributed by atoms with E-state index in [0.717, 1.165) is 6.54 Å². The molecule has 0 radical (unpaired) electrons. The molecule has 0 aromatic rings. The quantitative estimate of drug-likeness (QED) is 0.614. The summed E-state index contributed by atoms with van der Waals surface area (Å²) in [6.07, 6.45) is 4.06. The maximum absolute atomic E-state index is 7.25. The maximum Gasteiger partial charge on any atom is 0.0177 e. The fourth-order valence-corrected chi connectivity index (χ4v) is 1.19. The van der Waals surface area contributed by atoms with Crippen molar-refractivity contribution in [1.29, 1.82) is 5.41 Å². The summed E-state index contributed by atoms with van der Waals surface area (Å²) in [5, 5.41) is 7.25. The first-order chi connectivity index (χ1) is 5.09. The van der Waals surface area contributed by atoms with Crippen molar-refractivity contribution >= 4 is 6.21 Å². The third-order valence-corrected chi connectivity index (χ3v) is 2.64. The summed E-state index contributed by atoms with van der Waals surface area (Å²) in [6, 6.07) is 0.604. The highest BCUT2D eigenvalue weighted by Gasteiger charge is 2.41. The van der Waals surface area contributed by atoms with Crippen LogP contribution in [0.25, 0.3) is 0 Å². The Morgan fingerprint density at radius 2 is 2.09 bits per heavy atom. The topological polar surface area (TPSA) is 27.1 Å². The summed E-state index contributed by atoms with van der Waals surface area (Å²) in [7, 11) is 2.13. The molecular weight excluding hydrogens is 136 g/mol. The Labute approximate surface area is 69.1 Å². The van der Waals surface area contributed by atoms with Gasteiger partial charge in [-0.2, -0.15) is 0 Å². The van der Waals surface area contributed by atoms with Gasteiger partial charge < -0.3 is 10.3 Å². The van der Waals surface area contributed by atoms with Crippen molar-refractivity contribution in [3.05, 3.63) is 0 Å². The van der Waals surface area contributed by atoms with Crippen LogP contribution in [0.3, 0.4) is 0 Å². The molecule has 0 saturated heterocycles. The SMILES string of the molecule is CC(C)N(C)CC1(C=N)CC1. The molecule has 0 spiro atoms. The monoisotopic (exact) mass is 154 g/mol. The van der Waals surface area contributed by atoms with Crippen molar-refractivity contribution in [3.8, 4) is 0 Å². The van der Waals surface area contributed by atoms with Crippen LogP contribution in [0.4, 0.5) is 0 Å². The predicted molar refractivity (Wildman–Crippen MR) is 48.2 cm³/mol. The lowest BCUT2D eigenvalue weighted by molar-refractivity contribution is 0.248. The predicted octanol–water partition coefficient (Wildman–Crippen LogP) is 1.76. The van der Waals surface area contributed by atoms with E-state index in [9.17, 15) is 0 Å². The lowest BCUT2D eigenvalue weighted by Crippen LogP contribution is -2.32. The first-order valence-electron chi connectivity index (χ1n) is 4.31. The fourth-order valence-electron chi connectivity index (χ4n) is 1.19. The molecule has 1 fully saturated rings. The van der Waals surface area contributed by atoms with Crippen LogP contribution in [-0.2, 0) is 0 Å². The molecule has 1 aliphatic carbocycles. The van der Waals surface area contributed by atoms with Gasteiger partial charge in [0, 0.05) is 24.2 Å². The molecule has 0 atom stereocenters. The van der Waals surface area contributed by atoms with E-state index in [1.807, 2.05) is 0 Å². The zero-order valence-electron chi connectivity index (χ0n) is 7.72. The van der Waals surface area contributed by atoms with Gasteiger partial charge in [-0.25, -0.2) is 0 Å². The molecule has 0 aromatic carbocycles. The van der Waals surface area contributed by atoms with Gasteiger partial charge in [0.2, 0.25) is 0 Å². The standard InChI is InChI=1S/C9H18N2/c1-8(2)11(3)7-9(6-10)4-5-9/h6,8,10H,4-5,7H2,1-3H3. The van der Waals surface area contributed by atoms with E-state index in [2.05, 4.69) is 25.8 Å². The average Bonchev–Trinajstić information content (AvgIpc) is 2.69. The minimum atomic E-state index is 0.263. The molecular formula is C9H18N2. The molecule has 0 aliphatic heterocycles. The van der Waals surface area contributed by atoms with E-state index >= 15 is 0 Å². The molecule has 0 aromatic heterocycles. The van der Waals surface area contributed by atoms with Gasteiger partial charge in [-0.1, -0.05) is 0 Å². The van der Waals surface area contributed by atoms with Gasteiger partial charge >= 0.3 is 0 Å². The molecule has 64 valence electrons. The molecule has 11 heavy (non-hydrogen) atoms. The van der Waals surface area contributed by atoms with Crippen LogP contribution in [-0.4, -0.2) is 30.7 Å². The Hall–Kier alpha value is -0.370. The Morgan fingerprint density at radius 1 is 1.55 bits per heavy atom. The van der Waals surface area contributed by atoms with Crippen LogP contribution in [0.2, 0.25) is 0 Å². The van der Waals surface area contributed by atoms with Crippen LogP contribution >= 0.6 is 0 Å². The largest absolute Gasteiger partial charge is 0.312 e. The first kappa shape index (κ1) is 8.72. The van der Waals surface area contributed by atoms with Crippen molar-refractivity contribution < 1.29 is 0 Å². The maximum atomic E-state index is 7.25. The highest BCUT2D eigenvalue weighted by Crippen LogP contribution is 2.44. The van der Waals surface area contributed by atoms with Crippen molar-refractivity contribution in [1.82, 2.24) is 4.90 Å². The normalized spacial score (nSPS) is 20.8. The van der Waals surface area contributed by atoms with E-state index in [1.54, 1.807) is 6.21 Å². The summed E-state index contributed by atoms with van der Waals surface area (Å²) < 4.78 is 0. The van der Waals surface area contributed by atoms with Crippen molar-refractivity contribution in [2.24, 2.45) is 5.41 Å². The molecule has 0 heterocycles. The number of nitrogens with zero attached hydrogens (tertiary/aromatic N) is 1. The summed E-state index contributed by atoms with van der Waals surface area (Å²) in [5.41, 5.74) is 0.263. The molecule has 2 heteroatoms. The Kier molecular flexibility index (Phi) is 2.33. The van der Waals surface area contributed by atoms with E-state index in [-0.39, 0.29) is 5.41 Å². The second-order valence-corrected chi connectivity index (χ2v) is 4.02. The number of rotatable bonds is 4. The number of hydrogen-bond donors (Lipinski definition) is 1. The van der Waals surface area contributed by atoms with Crippen LogP contribution in [0.1, 0.15) is 26.7 Å². The second-order valence-electron chi connectivity index (χ2n) is 4.02. The molecule has 0 amide bonds. The van der Waals surface area contributed by atoms with Crippen LogP contribution in [0.5, 0.6) is 0 Å². The second kappa shape index (κ2) is 2.94. The molecule has 2 nitrogen and oxygen atoms in total. The fraction of sp³-hybridized carbons (Fsp3) is 0.889. The van der Waals surface area contributed by atoms with Crippen molar-refractivity contribution in [3.63, 3.8) is 0 Å². The van der Waals surface area contributed by atoms with Gasteiger partial charge in [-0.15, -0.1) is 0 Å². The minimum Gasteiger partial charge on any atom is -0.312 e. The van der Waals surface area contributed by atoms with Crippen molar-refractivity contribution in [2.75, 3.05) is 13.6 Å². The summed E-state index contributed by atoms with van der Waals surface area (Å²) in [5.74, 6) is 0. The summed E-state index contributed by atoms with van der Waals surface area (Å²) >= 11 is 0. The average molecular weight is 154 g/mol. The molecule has 1 saturated carbocycles.